The lowest BCUT2D eigenvalue weighted by Crippen LogP contribution is -2.35. The maximum Gasteiger partial charge on any atom is 0.420 e. The summed E-state index contributed by atoms with van der Waals surface area (Å²) in [7, 11) is 1.75. The van der Waals surface area contributed by atoms with Crippen molar-refractivity contribution < 1.29 is 27.1 Å². The highest BCUT2D eigenvalue weighted by molar-refractivity contribution is 5.84. The van der Waals surface area contributed by atoms with Gasteiger partial charge in [-0.25, -0.2) is 9.37 Å². The van der Waals surface area contributed by atoms with Crippen molar-refractivity contribution in [2.75, 3.05) is 0 Å². The Morgan fingerprint density at radius 2 is 1.88 bits per heavy atom. The summed E-state index contributed by atoms with van der Waals surface area (Å²) in [4.78, 5) is 4.42. The molecule has 1 saturated carbocycles. The van der Waals surface area contributed by atoms with Gasteiger partial charge in [0.2, 0.25) is 5.89 Å². The molecule has 1 aliphatic rings. The Hall–Kier alpha value is -4.09. The first-order chi connectivity index (χ1) is 19.2. The average molecular weight is 552 g/mol. The van der Waals surface area contributed by atoms with E-state index in [1.165, 1.54) is 18.5 Å². The van der Waals surface area contributed by atoms with Crippen LogP contribution in [0.2, 0.25) is 0 Å². The molecule has 7 nitrogen and oxygen atoms in total. The predicted octanol–water partition coefficient (Wildman–Crippen LogP) is 6.12. The maximum absolute atomic E-state index is 14.2. The van der Waals surface area contributed by atoms with Gasteiger partial charge in [0.15, 0.2) is 11.4 Å². The highest BCUT2D eigenvalue weighted by Crippen LogP contribution is 2.39. The summed E-state index contributed by atoms with van der Waals surface area (Å²) >= 11 is 0. The van der Waals surface area contributed by atoms with Crippen LogP contribution in [-0.2, 0) is 19.8 Å². The number of rotatable bonds is 6. The van der Waals surface area contributed by atoms with Crippen LogP contribution in [-0.4, -0.2) is 37.0 Å². The van der Waals surface area contributed by atoms with Crippen molar-refractivity contribution in [1.29, 1.82) is 0 Å². The summed E-state index contributed by atoms with van der Waals surface area (Å²) in [5.41, 5.74) is 1.53. The summed E-state index contributed by atoms with van der Waals surface area (Å²) in [6.45, 7) is 0.161. The highest BCUT2D eigenvalue weighted by Gasteiger charge is 2.36. The average Bonchev–Trinajstić information content (AvgIpc) is 3.66. The van der Waals surface area contributed by atoms with Gasteiger partial charge < -0.3 is 19.4 Å². The van der Waals surface area contributed by atoms with Gasteiger partial charge in [0.1, 0.15) is 23.2 Å². The van der Waals surface area contributed by atoms with E-state index in [9.17, 15) is 22.7 Å². The molecule has 2 aromatic heterocycles. The van der Waals surface area contributed by atoms with Crippen LogP contribution in [0.1, 0.15) is 30.4 Å². The number of aliphatic hydroxyl groups excluding tert-OH is 1. The number of nitrogens with zero attached hydrogens (tertiary/aromatic N) is 4. The molecule has 6 rings (SSSR count). The zero-order valence-corrected chi connectivity index (χ0v) is 21.4. The van der Waals surface area contributed by atoms with Gasteiger partial charge in [-0.3, -0.25) is 0 Å². The lowest BCUT2D eigenvalue weighted by molar-refractivity contribution is -0.136. The third-order valence-corrected chi connectivity index (χ3v) is 7.26. The fourth-order valence-electron chi connectivity index (χ4n) is 5.25. The number of benzene rings is 3. The first-order valence-electron chi connectivity index (χ1n) is 12.8. The Labute approximate surface area is 226 Å². The van der Waals surface area contributed by atoms with E-state index in [1.54, 1.807) is 41.9 Å². The van der Waals surface area contributed by atoms with Crippen LogP contribution in [0.4, 0.5) is 17.6 Å². The largest absolute Gasteiger partial charge is 0.435 e. The third-order valence-electron chi connectivity index (χ3n) is 7.26. The van der Waals surface area contributed by atoms with E-state index in [2.05, 4.69) is 20.5 Å². The van der Waals surface area contributed by atoms with Crippen molar-refractivity contribution in [3.05, 3.63) is 77.9 Å². The highest BCUT2D eigenvalue weighted by atomic mass is 19.4. The number of halogens is 4. The Bertz CT molecular complexity index is 1690. The molecule has 0 saturated heterocycles. The first-order valence-corrected chi connectivity index (χ1v) is 12.8. The molecule has 2 heterocycles. The molecule has 3 aromatic carbocycles. The molecule has 0 bridgehead atoms. The molecule has 0 radical (unpaired) electrons. The van der Waals surface area contributed by atoms with E-state index in [-0.39, 0.29) is 29.6 Å². The first kappa shape index (κ1) is 26.1. The predicted molar refractivity (Wildman–Crippen MR) is 140 cm³/mol. The van der Waals surface area contributed by atoms with Gasteiger partial charge in [-0.2, -0.15) is 13.2 Å². The quantitative estimate of drug-likeness (QED) is 0.247. The van der Waals surface area contributed by atoms with E-state index in [0.29, 0.717) is 40.1 Å². The van der Waals surface area contributed by atoms with Crippen LogP contribution in [0.15, 0.2) is 65.3 Å². The van der Waals surface area contributed by atoms with Crippen LogP contribution >= 0.6 is 0 Å². The Balaban J connectivity index is 1.39. The molecular weight excluding hydrogens is 526 g/mol. The number of alkyl halides is 3. The minimum absolute atomic E-state index is 0.0287. The number of aromatic nitrogens is 4. The SMILES string of the molecule is Cn1cnnc1-c1cc(F)ccc1-c1cccc(-c2nc3cc(CN[C@@H]4CCC[C@H]4O)cc(C(F)(F)F)c3o2)c1. The van der Waals surface area contributed by atoms with Crippen molar-refractivity contribution in [3.63, 3.8) is 0 Å². The van der Waals surface area contributed by atoms with Crippen molar-refractivity contribution in [2.24, 2.45) is 7.05 Å². The molecule has 206 valence electrons. The van der Waals surface area contributed by atoms with Crippen LogP contribution in [0.25, 0.3) is 45.1 Å². The number of aliphatic hydroxyl groups is 1. The van der Waals surface area contributed by atoms with Gasteiger partial charge >= 0.3 is 6.18 Å². The Kier molecular flexibility index (Phi) is 6.63. The zero-order valence-electron chi connectivity index (χ0n) is 21.4. The van der Waals surface area contributed by atoms with E-state index < -0.39 is 23.7 Å². The molecule has 1 fully saturated rings. The summed E-state index contributed by atoms with van der Waals surface area (Å²) < 4.78 is 63.7. The molecule has 0 unspecified atom stereocenters. The van der Waals surface area contributed by atoms with Crippen LogP contribution in [0.3, 0.4) is 0 Å². The molecule has 11 heteroatoms. The second kappa shape index (κ2) is 10.1. The second-order valence-electron chi connectivity index (χ2n) is 10.0. The molecular formula is C29H25F4N5O2. The van der Waals surface area contributed by atoms with Crippen LogP contribution in [0.5, 0.6) is 0 Å². The smallest absolute Gasteiger partial charge is 0.420 e. The standard InChI is InChI=1S/C29H25F4N5O2/c1-38-15-35-37-27(38)21-13-19(30)8-9-20(21)17-4-2-5-18(12-17)28-36-24-11-16(14-34-23-6-3-7-25(23)39)10-22(26(24)40-28)29(31,32)33/h2,4-5,8-13,15,23,25,34,39H,3,6-7,14H2,1H3/t23-,25-/m1/s1. The number of hydrogen-bond acceptors (Lipinski definition) is 6. The zero-order chi connectivity index (χ0) is 28.0. The number of oxazole rings is 1. The Morgan fingerprint density at radius 1 is 1.05 bits per heavy atom. The third kappa shape index (κ3) is 4.98. The van der Waals surface area contributed by atoms with Gasteiger partial charge in [-0.1, -0.05) is 18.2 Å². The summed E-state index contributed by atoms with van der Waals surface area (Å²) in [5, 5.41) is 21.2. The van der Waals surface area contributed by atoms with Crippen molar-refractivity contribution >= 4 is 11.1 Å². The van der Waals surface area contributed by atoms with Crippen LogP contribution in [0, 0.1) is 5.82 Å². The fraction of sp³-hybridized carbons (Fsp3) is 0.276. The maximum atomic E-state index is 14.2. The van der Waals surface area contributed by atoms with Gasteiger partial charge in [-0.15, -0.1) is 10.2 Å². The van der Waals surface area contributed by atoms with Crippen LogP contribution < -0.4 is 5.32 Å². The summed E-state index contributed by atoms with van der Waals surface area (Å²) in [6.07, 6.45) is -1.34. The fourth-order valence-corrected chi connectivity index (χ4v) is 5.25. The van der Waals surface area contributed by atoms with Crippen molar-refractivity contribution in [3.8, 4) is 34.0 Å². The summed E-state index contributed by atoms with van der Waals surface area (Å²) in [6, 6.07) is 13.8. The molecule has 40 heavy (non-hydrogen) atoms. The van der Waals surface area contributed by atoms with Crippen molar-refractivity contribution in [2.45, 2.75) is 44.1 Å². The van der Waals surface area contributed by atoms with Gasteiger partial charge in [0, 0.05) is 30.8 Å². The van der Waals surface area contributed by atoms with E-state index in [1.807, 2.05) is 6.07 Å². The van der Waals surface area contributed by atoms with E-state index >= 15 is 0 Å². The molecule has 0 amide bonds. The molecule has 1 aliphatic carbocycles. The van der Waals surface area contributed by atoms with E-state index in [4.69, 9.17) is 4.42 Å². The number of fused-ring (bicyclic) bond motifs is 1. The minimum atomic E-state index is -4.65. The lowest BCUT2D eigenvalue weighted by atomic mass is 9.97. The Morgan fingerprint density at radius 3 is 2.60 bits per heavy atom. The minimum Gasteiger partial charge on any atom is -0.435 e. The number of aryl methyl sites for hydroxylation is 1. The van der Waals surface area contributed by atoms with Gasteiger partial charge in [0.05, 0.1) is 6.10 Å². The molecule has 2 N–H and O–H groups in total. The topological polar surface area (TPSA) is 89.0 Å². The molecule has 2 atom stereocenters. The normalized spacial score (nSPS) is 17.6. The molecule has 0 spiro atoms. The van der Waals surface area contributed by atoms with E-state index in [0.717, 1.165) is 18.9 Å². The lowest BCUT2D eigenvalue weighted by Gasteiger charge is -2.17. The number of nitrogens with one attached hydrogen (secondary N) is 1. The van der Waals surface area contributed by atoms with Gasteiger partial charge in [0.25, 0.3) is 0 Å². The number of hydrogen-bond donors (Lipinski definition) is 2. The molecule has 5 aromatic rings. The van der Waals surface area contributed by atoms with Crippen molar-refractivity contribution in [1.82, 2.24) is 25.1 Å². The second-order valence-corrected chi connectivity index (χ2v) is 10.0. The summed E-state index contributed by atoms with van der Waals surface area (Å²) in [5.74, 6) is 0.0492. The molecule has 0 aliphatic heterocycles. The monoisotopic (exact) mass is 551 g/mol. The van der Waals surface area contributed by atoms with Gasteiger partial charge in [-0.05, 0) is 72.4 Å².